The van der Waals surface area contributed by atoms with E-state index in [1.165, 1.54) is 0 Å². The Morgan fingerprint density at radius 2 is 1.85 bits per heavy atom. The van der Waals surface area contributed by atoms with Crippen LogP contribution in [-0.2, 0) is 19.2 Å². The van der Waals surface area contributed by atoms with Gasteiger partial charge in [0.25, 0.3) is 0 Å². The number of ketones is 1. The second kappa shape index (κ2) is 13.1. The fourth-order valence-electron chi connectivity index (χ4n) is 2.21. The summed E-state index contributed by atoms with van der Waals surface area (Å²) < 4.78 is 0. The molecule has 0 heterocycles. The van der Waals surface area contributed by atoms with Crippen molar-refractivity contribution in [2.45, 2.75) is 50.4 Å². The number of Topliss-reactive ketones (excluding diaryl/α,β-unsaturated/α-hetero) is 1. The highest BCUT2D eigenvalue weighted by Crippen LogP contribution is 2.02. The smallest absolute Gasteiger partial charge is 0.238 e. The molecule has 0 aromatic rings. The number of hydrogen-bond acceptors (Lipinski definition) is 8. The largest absolute Gasteiger partial charge is 0.370 e. The number of thiol groups is 1. The molecule has 10 N–H and O–H groups in total. The van der Waals surface area contributed by atoms with Gasteiger partial charge >= 0.3 is 0 Å². The van der Waals surface area contributed by atoms with E-state index in [0.717, 1.165) is 0 Å². The molecule has 27 heavy (non-hydrogen) atoms. The lowest BCUT2D eigenvalue weighted by Gasteiger charge is -2.24. The van der Waals surface area contributed by atoms with E-state index in [-0.39, 0.29) is 23.9 Å². The van der Waals surface area contributed by atoms with Crippen LogP contribution in [0.4, 0.5) is 0 Å². The maximum absolute atomic E-state index is 12.5. The molecule has 12 heteroatoms. The molecule has 0 bridgehead atoms. The Hall–Kier alpha value is -2.18. The van der Waals surface area contributed by atoms with Crippen LogP contribution in [0.2, 0.25) is 0 Å². The van der Waals surface area contributed by atoms with E-state index >= 15 is 0 Å². The van der Waals surface area contributed by atoms with Crippen molar-refractivity contribution >= 4 is 42.5 Å². The summed E-state index contributed by atoms with van der Waals surface area (Å²) in [5.74, 6) is -1.79. The van der Waals surface area contributed by atoms with Crippen LogP contribution in [0.1, 0.15) is 26.2 Å². The number of rotatable bonds is 14. The van der Waals surface area contributed by atoms with E-state index in [9.17, 15) is 19.2 Å². The van der Waals surface area contributed by atoms with Gasteiger partial charge < -0.3 is 33.0 Å². The first-order valence-electron chi connectivity index (χ1n) is 8.37. The van der Waals surface area contributed by atoms with E-state index in [2.05, 4.69) is 28.3 Å². The number of hydrogen-bond donors (Lipinski definition) is 7. The van der Waals surface area contributed by atoms with Crippen LogP contribution in [0.3, 0.4) is 0 Å². The minimum absolute atomic E-state index is 0.0239. The van der Waals surface area contributed by atoms with Gasteiger partial charge in [-0.1, -0.05) is 0 Å². The van der Waals surface area contributed by atoms with E-state index in [1.54, 1.807) is 6.92 Å². The van der Waals surface area contributed by atoms with Crippen LogP contribution in [0.5, 0.6) is 0 Å². The van der Waals surface area contributed by atoms with Gasteiger partial charge in [-0.25, -0.2) is 0 Å². The topological polar surface area (TPSA) is 209 Å². The summed E-state index contributed by atoms with van der Waals surface area (Å²) in [5.41, 5.74) is 21.0. The molecule has 154 valence electrons. The van der Waals surface area contributed by atoms with Gasteiger partial charge in [-0.2, -0.15) is 12.6 Å². The molecule has 11 nitrogen and oxygen atoms in total. The standard InChI is InChI=1S/C15H29N7O4S/c1-8(21-9(6-23)3-2-4-20-15(18)19)13(25)11(7-27)22-14(26)10(16)5-12(17)24/h6,8-11,21,27H,2-5,7,16H2,1H3,(H2,17,24)(H,22,26)(H4,18,19,20). The summed E-state index contributed by atoms with van der Waals surface area (Å²) >= 11 is 4.06. The number of primary amides is 1. The number of carbonyl (C=O) groups excluding carboxylic acids is 4. The van der Waals surface area contributed by atoms with Crippen LogP contribution in [0.25, 0.3) is 0 Å². The Labute approximate surface area is 163 Å². The highest BCUT2D eigenvalue weighted by atomic mass is 32.1. The van der Waals surface area contributed by atoms with Crippen LogP contribution in [0, 0.1) is 0 Å². The second-order valence-corrected chi connectivity index (χ2v) is 6.37. The van der Waals surface area contributed by atoms with Crippen molar-refractivity contribution in [3.63, 3.8) is 0 Å². The zero-order chi connectivity index (χ0) is 21.0. The van der Waals surface area contributed by atoms with Gasteiger partial charge in [-0.3, -0.25) is 24.7 Å². The summed E-state index contributed by atoms with van der Waals surface area (Å²) in [4.78, 5) is 50.3. The molecular weight excluding hydrogens is 374 g/mol. The average Bonchev–Trinajstić information content (AvgIpc) is 2.60. The van der Waals surface area contributed by atoms with Crippen LogP contribution >= 0.6 is 12.6 Å². The normalized spacial score (nSPS) is 15.1. The van der Waals surface area contributed by atoms with E-state index < -0.39 is 36.0 Å². The molecular formula is C15H29N7O4S. The van der Waals surface area contributed by atoms with Gasteiger partial charge in [-0.15, -0.1) is 0 Å². The lowest BCUT2D eigenvalue weighted by Crippen LogP contribution is -2.55. The van der Waals surface area contributed by atoms with Crippen molar-refractivity contribution in [3.8, 4) is 0 Å². The molecule has 4 unspecified atom stereocenters. The van der Waals surface area contributed by atoms with Crippen LogP contribution in [-0.4, -0.2) is 66.3 Å². The quantitative estimate of drug-likeness (QED) is 0.0514. The SMILES string of the molecule is CC(NC(C=O)CCCN=C(N)N)C(=O)C(CS)NC(=O)C(N)CC(N)=O. The highest BCUT2D eigenvalue weighted by Gasteiger charge is 2.28. The van der Waals surface area contributed by atoms with Gasteiger partial charge in [0, 0.05) is 12.3 Å². The van der Waals surface area contributed by atoms with Crippen LogP contribution in [0.15, 0.2) is 4.99 Å². The first-order chi connectivity index (χ1) is 12.6. The van der Waals surface area contributed by atoms with Crippen molar-refractivity contribution < 1.29 is 19.2 Å². The minimum atomic E-state index is -1.15. The molecule has 0 aliphatic heterocycles. The van der Waals surface area contributed by atoms with Crippen molar-refractivity contribution in [3.05, 3.63) is 0 Å². The average molecular weight is 404 g/mol. The molecule has 0 aromatic heterocycles. The van der Waals surface area contributed by atoms with Crippen LogP contribution < -0.4 is 33.6 Å². The first kappa shape index (κ1) is 24.8. The maximum atomic E-state index is 12.5. The molecule has 0 aromatic carbocycles. The third-order valence-electron chi connectivity index (χ3n) is 3.62. The first-order valence-corrected chi connectivity index (χ1v) is 9.01. The molecule has 0 fully saturated rings. The molecule has 0 radical (unpaired) electrons. The molecule has 0 rings (SSSR count). The number of amides is 2. The number of nitrogens with zero attached hydrogens (tertiary/aromatic N) is 1. The number of aldehydes is 1. The summed E-state index contributed by atoms with van der Waals surface area (Å²) in [5, 5.41) is 5.32. The summed E-state index contributed by atoms with van der Waals surface area (Å²) in [6.07, 6.45) is 1.33. The predicted octanol–water partition coefficient (Wildman–Crippen LogP) is -3.23. The number of aliphatic imine (C=N–C) groups is 1. The van der Waals surface area contributed by atoms with E-state index in [4.69, 9.17) is 22.9 Å². The summed E-state index contributed by atoms with van der Waals surface area (Å²) in [6.45, 7) is 1.94. The second-order valence-electron chi connectivity index (χ2n) is 6.00. The third kappa shape index (κ3) is 10.5. The molecule has 0 saturated carbocycles. The van der Waals surface area contributed by atoms with Crippen molar-refractivity contribution in [1.29, 1.82) is 0 Å². The fraction of sp³-hybridized carbons (Fsp3) is 0.667. The Kier molecular flexibility index (Phi) is 12.0. The number of carbonyl (C=O) groups is 4. The number of nitrogens with two attached hydrogens (primary N) is 4. The van der Waals surface area contributed by atoms with Gasteiger partial charge in [0.1, 0.15) is 6.29 Å². The fourth-order valence-corrected chi connectivity index (χ4v) is 2.48. The van der Waals surface area contributed by atoms with Gasteiger partial charge in [0.05, 0.1) is 30.6 Å². The Morgan fingerprint density at radius 3 is 2.33 bits per heavy atom. The Morgan fingerprint density at radius 1 is 1.22 bits per heavy atom. The van der Waals surface area contributed by atoms with Crippen molar-refractivity contribution in [1.82, 2.24) is 10.6 Å². The monoisotopic (exact) mass is 403 g/mol. The summed E-state index contributed by atoms with van der Waals surface area (Å²) in [7, 11) is 0. The molecule has 0 spiro atoms. The van der Waals surface area contributed by atoms with Gasteiger partial charge in [0.2, 0.25) is 11.8 Å². The predicted molar refractivity (Wildman–Crippen MR) is 105 cm³/mol. The zero-order valence-electron chi connectivity index (χ0n) is 15.3. The van der Waals surface area contributed by atoms with Crippen molar-refractivity contribution in [2.24, 2.45) is 27.9 Å². The molecule has 0 aliphatic carbocycles. The summed E-state index contributed by atoms with van der Waals surface area (Å²) in [6, 6.07) is -3.39. The number of guanidine groups is 1. The minimum Gasteiger partial charge on any atom is -0.370 e. The van der Waals surface area contributed by atoms with Gasteiger partial charge in [0.15, 0.2) is 11.7 Å². The lowest BCUT2D eigenvalue weighted by atomic mass is 10.0. The lowest BCUT2D eigenvalue weighted by molar-refractivity contribution is -0.130. The highest BCUT2D eigenvalue weighted by molar-refractivity contribution is 7.80. The van der Waals surface area contributed by atoms with Crippen molar-refractivity contribution in [2.75, 3.05) is 12.3 Å². The zero-order valence-corrected chi connectivity index (χ0v) is 16.2. The maximum Gasteiger partial charge on any atom is 0.238 e. The molecule has 0 saturated heterocycles. The Bertz CT molecular complexity index is 554. The third-order valence-corrected chi connectivity index (χ3v) is 3.99. The van der Waals surface area contributed by atoms with Gasteiger partial charge in [-0.05, 0) is 19.8 Å². The molecule has 0 aliphatic rings. The number of nitrogens with one attached hydrogen (secondary N) is 2. The Balaban J connectivity index is 4.66. The molecule has 4 atom stereocenters. The van der Waals surface area contributed by atoms with E-state index in [0.29, 0.717) is 25.7 Å². The van der Waals surface area contributed by atoms with E-state index in [1.807, 2.05) is 0 Å². The molecule has 2 amide bonds.